The lowest BCUT2D eigenvalue weighted by atomic mass is 10.1. The van der Waals surface area contributed by atoms with Crippen LogP contribution in [-0.2, 0) is 0 Å². The largest absolute Gasteiger partial charge is 0.339 e. The number of para-hydroxylation sites is 1. The molecule has 0 atom stereocenters. The van der Waals surface area contributed by atoms with Crippen LogP contribution in [0.15, 0.2) is 55.5 Å². The van der Waals surface area contributed by atoms with Crippen LogP contribution in [-0.4, -0.2) is 19.5 Å². The van der Waals surface area contributed by atoms with Crippen molar-refractivity contribution in [2.45, 2.75) is 0 Å². The number of hydrogen-bond acceptors (Lipinski definition) is 2. The Balaban J connectivity index is 2.15. The topological polar surface area (TPSA) is 46.5 Å². The quantitative estimate of drug-likeness (QED) is 0.498. The molecule has 0 aliphatic rings. The Hall–Kier alpha value is -3.14. The van der Waals surface area contributed by atoms with Crippen LogP contribution in [0.1, 0.15) is 0 Å². The maximum Gasteiger partial charge on any atom is 0.141 e. The molecular weight excluding hydrogens is 272 g/mol. The lowest BCUT2D eigenvalue weighted by Gasteiger charge is -1.99. The first-order chi connectivity index (χ1) is 10.9. The van der Waals surface area contributed by atoms with E-state index in [0.717, 1.165) is 33.0 Å². The molecule has 5 aromatic rings. The number of fused-ring (bicyclic) bond motifs is 7. The number of rotatable bonds is 1. The predicted molar refractivity (Wildman–Crippen MR) is 90.8 cm³/mol. The van der Waals surface area contributed by atoms with Crippen LogP contribution < -0.4 is 0 Å². The normalized spacial score (nSPS) is 11.8. The molecule has 0 saturated carbocycles. The highest BCUT2D eigenvalue weighted by Gasteiger charge is 2.14. The van der Waals surface area contributed by atoms with E-state index in [-0.39, 0.29) is 0 Å². The number of benzene rings is 2. The van der Waals surface area contributed by atoms with Crippen molar-refractivity contribution in [1.29, 1.82) is 0 Å². The van der Waals surface area contributed by atoms with Crippen molar-refractivity contribution in [1.82, 2.24) is 19.5 Å². The first-order valence-electron chi connectivity index (χ1n) is 7.14. The molecule has 0 unspecified atom stereocenters. The first kappa shape index (κ1) is 11.5. The minimum atomic E-state index is 0.868. The van der Waals surface area contributed by atoms with E-state index in [0.29, 0.717) is 0 Å². The van der Waals surface area contributed by atoms with Crippen molar-refractivity contribution in [2.75, 3.05) is 0 Å². The lowest BCUT2D eigenvalue weighted by molar-refractivity contribution is 1.21. The highest BCUT2D eigenvalue weighted by atomic mass is 15.0. The standard InChI is InChI=1S/C18H12N4/c1-2-22-14-6-4-3-5-12(14)16-15(22)8-7-11-13-9-19-10-20-18(13)21-17(11)16/h2-10H,1H2,(H,19,20,21). The molecule has 4 heteroatoms. The molecule has 3 aromatic heterocycles. The Morgan fingerprint density at radius 2 is 1.91 bits per heavy atom. The number of aromatic nitrogens is 4. The van der Waals surface area contributed by atoms with Crippen LogP contribution in [0.25, 0.3) is 49.9 Å². The molecule has 0 bridgehead atoms. The maximum atomic E-state index is 4.34. The number of nitrogens with one attached hydrogen (secondary N) is 1. The van der Waals surface area contributed by atoms with E-state index in [1.54, 1.807) is 6.33 Å². The summed E-state index contributed by atoms with van der Waals surface area (Å²) in [7, 11) is 0. The van der Waals surface area contributed by atoms with Crippen molar-refractivity contribution < 1.29 is 0 Å². The highest BCUT2D eigenvalue weighted by Crippen LogP contribution is 2.36. The van der Waals surface area contributed by atoms with Gasteiger partial charge in [0.15, 0.2) is 0 Å². The van der Waals surface area contributed by atoms with Gasteiger partial charge in [-0.05, 0) is 18.2 Å². The molecule has 104 valence electrons. The van der Waals surface area contributed by atoms with E-state index in [4.69, 9.17) is 0 Å². The molecule has 0 saturated heterocycles. The smallest absolute Gasteiger partial charge is 0.141 e. The molecule has 22 heavy (non-hydrogen) atoms. The monoisotopic (exact) mass is 284 g/mol. The van der Waals surface area contributed by atoms with E-state index in [2.05, 4.69) is 62.5 Å². The summed E-state index contributed by atoms with van der Waals surface area (Å²) < 4.78 is 2.13. The van der Waals surface area contributed by atoms with E-state index in [1.165, 1.54) is 10.8 Å². The van der Waals surface area contributed by atoms with E-state index in [9.17, 15) is 0 Å². The van der Waals surface area contributed by atoms with Crippen molar-refractivity contribution in [3.05, 3.63) is 55.5 Å². The van der Waals surface area contributed by atoms with Gasteiger partial charge in [-0.1, -0.05) is 24.8 Å². The van der Waals surface area contributed by atoms with Gasteiger partial charge in [-0.25, -0.2) is 9.97 Å². The first-order valence-corrected chi connectivity index (χ1v) is 7.14. The summed E-state index contributed by atoms with van der Waals surface area (Å²) in [6.07, 6.45) is 5.29. The molecule has 3 heterocycles. The summed E-state index contributed by atoms with van der Waals surface area (Å²) in [5, 5.41) is 4.61. The molecule has 0 aliphatic carbocycles. The minimum absolute atomic E-state index is 0.868. The van der Waals surface area contributed by atoms with Gasteiger partial charge >= 0.3 is 0 Å². The van der Waals surface area contributed by atoms with Crippen LogP contribution in [0.2, 0.25) is 0 Å². The van der Waals surface area contributed by atoms with Gasteiger partial charge < -0.3 is 9.55 Å². The second kappa shape index (κ2) is 3.95. The van der Waals surface area contributed by atoms with Crippen molar-refractivity contribution in [3.8, 4) is 0 Å². The van der Waals surface area contributed by atoms with E-state index < -0.39 is 0 Å². The fraction of sp³-hybridized carbons (Fsp3) is 0. The number of aromatic amines is 1. The number of H-pyrrole nitrogens is 1. The average molecular weight is 284 g/mol. The van der Waals surface area contributed by atoms with Crippen molar-refractivity contribution >= 4 is 49.9 Å². The van der Waals surface area contributed by atoms with Gasteiger partial charge in [0.25, 0.3) is 0 Å². The average Bonchev–Trinajstić information content (AvgIpc) is 3.09. The molecular formula is C18H12N4. The van der Waals surface area contributed by atoms with E-state index >= 15 is 0 Å². The Kier molecular flexibility index (Phi) is 2.07. The van der Waals surface area contributed by atoms with Crippen LogP contribution in [0, 0.1) is 0 Å². The van der Waals surface area contributed by atoms with Gasteiger partial charge in [-0.3, -0.25) is 0 Å². The molecule has 4 nitrogen and oxygen atoms in total. The molecule has 1 N–H and O–H groups in total. The molecule has 0 aliphatic heterocycles. The third-order valence-corrected chi connectivity index (χ3v) is 4.30. The molecule has 0 fully saturated rings. The molecule has 5 rings (SSSR count). The van der Waals surface area contributed by atoms with Crippen molar-refractivity contribution in [3.63, 3.8) is 0 Å². The third-order valence-electron chi connectivity index (χ3n) is 4.30. The van der Waals surface area contributed by atoms with Gasteiger partial charge in [0.05, 0.1) is 16.6 Å². The summed E-state index contributed by atoms with van der Waals surface area (Å²) in [5.74, 6) is 0. The summed E-state index contributed by atoms with van der Waals surface area (Å²) in [6.45, 7) is 3.96. The zero-order valence-corrected chi connectivity index (χ0v) is 11.7. The Bertz CT molecular complexity index is 1190. The van der Waals surface area contributed by atoms with Crippen LogP contribution >= 0.6 is 0 Å². The molecule has 0 amide bonds. The zero-order chi connectivity index (χ0) is 14.7. The van der Waals surface area contributed by atoms with Crippen LogP contribution in [0.3, 0.4) is 0 Å². The lowest BCUT2D eigenvalue weighted by Crippen LogP contribution is -1.83. The van der Waals surface area contributed by atoms with Gasteiger partial charge in [-0.15, -0.1) is 0 Å². The molecule has 0 spiro atoms. The molecule has 2 aromatic carbocycles. The second-order valence-electron chi connectivity index (χ2n) is 5.36. The SMILES string of the molecule is C=Cn1c2ccccc2c2c3[nH]c4ncncc4c3ccc21. The predicted octanol–water partition coefficient (Wildman–Crippen LogP) is 4.32. The Morgan fingerprint density at radius 1 is 1.00 bits per heavy atom. The summed E-state index contributed by atoms with van der Waals surface area (Å²) in [6, 6.07) is 12.6. The summed E-state index contributed by atoms with van der Waals surface area (Å²) >= 11 is 0. The molecule has 0 radical (unpaired) electrons. The minimum Gasteiger partial charge on any atom is -0.339 e. The highest BCUT2D eigenvalue weighted by molar-refractivity contribution is 6.24. The maximum absolute atomic E-state index is 4.34. The fourth-order valence-corrected chi connectivity index (χ4v) is 3.39. The van der Waals surface area contributed by atoms with Gasteiger partial charge in [0, 0.05) is 33.9 Å². The fourth-order valence-electron chi connectivity index (χ4n) is 3.39. The number of hydrogen-bond donors (Lipinski definition) is 1. The van der Waals surface area contributed by atoms with Crippen LogP contribution in [0.4, 0.5) is 0 Å². The van der Waals surface area contributed by atoms with E-state index in [1.807, 2.05) is 12.4 Å². The van der Waals surface area contributed by atoms with Gasteiger partial charge in [-0.2, -0.15) is 0 Å². The summed E-state index contributed by atoms with van der Waals surface area (Å²) in [4.78, 5) is 11.9. The summed E-state index contributed by atoms with van der Waals surface area (Å²) in [5.41, 5.74) is 4.27. The zero-order valence-electron chi connectivity index (χ0n) is 11.7. The van der Waals surface area contributed by atoms with Crippen molar-refractivity contribution in [2.24, 2.45) is 0 Å². The Morgan fingerprint density at radius 3 is 2.82 bits per heavy atom. The van der Waals surface area contributed by atoms with Gasteiger partial charge in [0.2, 0.25) is 0 Å². The van der Waals surface area contributed by atoms with Gasteiger partial charge in [0.1, 0.15) is 12.0 Å². The Labute approximate surface area is 125 Å². The van der Waals surface area contributed by atoms with Crippen LogP contribution in [0.5, 0.6) is 0 Å². The third kappa shape index (κ3) is 1.27. The number of nitrogens with zero attached hydrogens (tertiary/aromatic N) is 3. The second-order valence-corrected chi connectivity index (χ2v) is 5.36.